The lowest BCUT2D eigenvalue weighted by Gasteiger charge is -2.26. The number of para-hydroxylation sites is 1. The molecule has 2 aromatic carbocycles. The Morgan fingerprint density at radius 1 is 1.06 bits per heavy atom. The Morgan fingerprint density at radius 3 is 2.47 bits per heavy atom. The number of methoxy groups -OCH3 is 1. The number of benzene rings is 2. The molecule has 2 aromatic heterocycles. The molecule has 0 unspecified atom stereocenters. The Hall–Kier alpha value is -3.45. The van der Waals surface area contributed by atoms with E-state index in [9.17, 15) is 0 Å². The molecule has 166 valence electrons. The fourth-order valence-corrected chi connectivity index (χ4v) is 3.71. The third kappa shape index (κ3) is 4.73. The molecule has 0 aliphatic carbocycles. The minimum atomic E-state index is -0.354. The standard InChI is InChI=1S/C25H28FN5O/c1-18(2)30(15-19-13-27-29(3)14-19)16-20-17-31(21-8-6-5-7-9-21)28-25(20)23-11-10-22(32-4)12-24(23)26/h5-14,17-18H,15-16H2,1-4H3. The second kappa shape index (κ2) is 9.36. The Bertz CT molecular complexity index is 1180. The summed E-state index contributed by atoms with van der Waals surface area (Å²) in [5, 5.41) is 9.07. The van der Waals surface area contributed by atoms with Crippen molar-refractivity contribution >= 4 is 0 Å². The van der Waals surface area contributed by atoms with Crippen LogP contribution in [0.1, 0.15) is 25.0 Å². The van der Waals surface area contributed by atoms with Crippen molar-refractivity contribution in [2.45, 2.75) is 33.0 Å². The van der Waals surface area contributed by atoms with Crippen molar-refractivity contribution in [2.24, 2.45) is 7.05 Å². The topological polar surface area (TPSA) is 48.1 Å². The highest BCUT2D eigenvalue weighted by Crippen LogP contribution is 2.30. The first-order valence-electron chi connectivity index (χ1n) is 10.6. The summed E-state index contributed by atoms with van der Waals surface area (Å²) in [7, 11) is 3.45. The van der Waals surface area contributed by atoms with E-state index >= 15 is 4.39 Å². The maximum absolute atomic E-state index is 15.0. The number of aryl methyl sites for hydroxylation is 1. The van der Waals surface area contributed by atoms with E-state index in [1.165, 1.54) is 13.2 Å². The molecule has 0 aliphatic heterocycles. The van der Waals surface area contributed by atoms with Gasteiger partial charge < -0.3 is 4.74 Å². The van der Waals surface area contributed by atoms with Crippen molar-refractivity contribution in [1.29, 1.82) is 0 Å². The highest BCUT2D eigenvalue weighted by molar-refractivity contribution is 5.65. The third-order valence-electron chi connectivity index (χ3n) is 5.49. The first-order valence-corrected chi connectivity index (χ1v) is 10.6. The van der Waals surface area contributed by atoms with Crippen LogP contribution >= 0.6 is 0 Å². The first-order chi connectivity index (χ1) is 15.4. The number of hydrogen-bond acceptors (Lipinski definition) is 4. The van der Waals surface area contributed by atoms with E-state index in [0.717, 1.165) is 23.4 Å². The van der Waals surface area contributed by atoms with Gasteiger partial charge in [0.05, 0.1) is 19.0 Å². The lowest BCUT2D eigenvalue weighted by molar-refractivity contribution is 0.204. The van der Waals surface area contributed by atoms with E-state index in [4.69, 9.17) is 9.84 Å². The molecule has 32 heavy (non-hydrogen) atoms. The van der Waals surface area contributed by atoms with Gasteiger partial charge in [0.1, 0.15) is 17.3 Å². The first kappa shape index (κ1) is 21.8. The molecule has 0 bridgehead atoms. The molecular formula is C25H28FN5O. The van der Waals surface area contributed by atoms with Crippen LogP contribution in [0, 0.1) is 5.82 Å². The second-order valence-electron chi connectivity index (χ2n) is 8.15. The van der Waals surface area contributed by atoms with Crippen molar-refractivity contribution < 1.29 is 9.13 Å². The van der Waals surface area contributed by atoms with E-state index < -0.39 is 0 Å². The summed E-state index contributed by atoms with van der Waals surface area (Å²) in [6, 6.07) is 15.0. The summed E-state index contributed by atoms with van der Waals surface area (Å²) in [5.41, 5.74) is 4.10. The average Bonchev–Trinajstić information content (AvgIpc) is 3.39. The van der Waals surface area contributed by atoms with Crippen molar-refractivity contribution in [3.63, 3.8) is 0 Å². The Labute approximate surface area is 187 Å². The van der Waals surface area contributed by atoms with Gasteiger partial charge >= 0.3 is 0 Å². The van der Waals surface area contributed by atoms with Crippen molar-refractivity contribution in [3.05, 3.63) is 84.1 Å². The molecule has 0 amide bonds. The molecule has 2 heterocycles. The van der Waals surface area contributed by atoms with Gasteiger partial charge in [-0.25, -0.2) is 9.07 Å². The minimum absolute atomic E-state index is 0.281. The normalized spacial score (nSPS) is 11.5. The molecule has 4 aromatic rings. The van der Waals surface area contributed by atoms with Crippen LogP contribution in [0.4, 0.5) is 4.39 Å². The number of ether oxygens (including phenoxy) is 1. The zero-order valence-electron chi connectivity index (χ0n) is 18.9. The molecule has 4 rings (SSSR count). The zero-order chi connectivity index (χ0) is 22.7. The summed E-state index contributed by atoms with van der Waals surface area (Å²) in [5.74, 6) is 0.128. The van der Waals surface area contributed by atoms with E-state index in [1.54, 1.807) is 16.8 Å². The number of rotatable bonds is 8. The van der Waals surface area contributed by atoms with Crippen molar-refractivity contribution in [3.8, 4) is 22.7 Å². The highest BCUT2D eigenvalue weighted by Gasteiger charge is 2.20. The van der Waals surface area contributed by atoms with Gasteiger partial charge in [-0.3, -0.25) is 9.58 Å². The second-order valence-corrected chi connectivity index (χ2v) is 8.15. The molecule has 0 N–H and O–H groups in total. The summed E-state index contributed by atoms with van der Waals surface area (Å²) < 4.78 is 23.8. The number of halogens is 1. The minimum Gasteiger partial charge on any atom is -0.497 e. The lowest BCUT2D eigenvalue weighted by atomic mass is 10.1. The van der Waals surface area contributed by atoms with Crippen molar-refractivity contribution in [2.75, 3.05) is 7.11 Å². The zero-order valence-corrected chi connectivity index (χ0v) is 18.9. The molecule has 7 heteroatoms. The van der Waals surface area contributed by atoms with Gasteiger partial charge in [0.2, 0.25) is 0 Å². The average molecular weight is 434 g/mol. The van der Waals surface area contributed by atoms with Crippen LogP contribution < -0.4 is 4.74 Å². The molecule has 0 aliphatic rings. The van der Waals surface area contributed by atoms with Crippen LogP contribution in [-0.2, 0) is 20.1 Å². The number of hydrogen-bond donors (Lipinski definition) is 0. The van der Waals surface area contributed by atoms with Crippen LogP contribution in [-0.4, -0.2) is 37.6 Å². The predicted molar refractivity (Wildman–Crippen MR) is 123 cm³/mol. The Morgan fingerprint density at radius 2 is 1.84 bits per heavy atom. The third-order valence-corrected chi connectivity index (χ3v) is 5.49. The summed E-state index contributed by atoms with van der Waals surface area (Å²) >= 11 is 0. The van der Waals surface area contributed by atoms with Gasteiger partial charge in [-0.2, -0.15) is 10.2 Å². The number of aromatic nitrogens is 4. The van der Waals surface area contributed by atoms with Gasteiger partial charge in [-0.15, -0.1) is 0 Å². The summed E-state index contributed by atoms with van der Waals surface area (Å²) in [4.78, 5) is 2.33. The van der Waals surface area contributed by atoms with Crippen molar-refractivity contribution in [1.82, 2.24) is 24.5 Å². The van der Waals surface area contributed by atoms with Crippen LogP contribution in [0.25, 0.3) is 16.9 Å². The molecular weight excluding hydrogens is 405 g/mol. The maximum Gasteiger partial charge on any atom is 0.136 e. The number of nitrogens with zero attached hydrogens (tertiary/aromatic N) is 5. The monoisotopic (exact) mass is 433 g/mol. The van der Waals surface area contributed by atoms with Gasteiger partial charge in [0, 0.05) is 61.3 Å². The fourth-order valence-electron chi connectivity index (χ4n) is 3.71. The van der Waals surface area contributed by atoms with Crippen LogP contribution in [0.5, 0.6) is 5.75 Å². The Balaban J connectivity index is 1.74. The SMILES string of the molecule is COc1ccc(-c2nn(-c3ccccc3)cc2CN(Cc2cnn(C)c2)C(C)C)c(F)c1. The van der Waals surface area contributed by atoms with Gasteiger partial charge in [-0.05, 0) is 38.1 Å². The van der Waals surface area contributed by atoms with E-state index in [2.05, 4.69) is 23.8 Å². The Kier molecular flexibility index (Phi) is 6.37. The smallest absolute Gasteiger partial charge is 0.136 e. The summed E-state index contributed by atoms with van der Waals surface area (Å²) in [6.07, 6.45) is 5.90. The molecule has 0 saturated carbocycles. The fraction of sp³-hybridized carbons (Fsp3) is 0.280. The van der Waals surface area contributed by atoms with Crippen LogP contribution in [0.2, 0.25) is 0 Å². The molecule has 0 atom stereocenters. The van der Waals surface area contributed by atoms with Crippen LogP contribution in [0.15, 0.2) is 67.1 Å². The lowest BCUT2D eigenvalue weighted by Crippen LogP contribution is -2.29. The van der Waals surface area contributed by atoms with Gasteiger partial charge in [-0.1, -0.05) is 18.2 Å². The molecule has 0 fully saturated rings. The van der Waals surface area contributed by atoms with Gasteiger partial charge in [0.25, 0.3) is 0 Å². The maximum atomic E-state index is 15.0. The van der Waals surface area contributed by atoms with E-state index in [-0.39, 0.29) is 11.9 Å². The quantitative estimate of drug-likeness (QED) is 0.399. The molecule has 0 saturated heterocycles. The van der Waals surface area contributed by atoms with E-state index in [1.807, 2.05) is 60.7 Å². The molecule has 6 nitrogen and oxygen atoms in total. The molecule has 0 spiro atoms. The van der Waals surface area contributed by atoms with E-state index in [0.29, 0.717) is 23.6 Å². The molecule has 0 radical (unpaired) electrons. The van der Waals surface area contributed by atoms with Crippen LogP contribution in [0.3, 0.4) is 0 Å². The predicted octanol–water partition coefficient (Wildman–Crippen LogP) is 4.83. The highest BCUT2D eigenvalue weighted by atomic mass is 19.1. The largest absolute Gasteiger partial charge is 0.497 e. The van der Waals surface area contributed by atoms with Gasteiger partial charge in [0.15, 0.2) is 0 Å². The summed E-state index contributed by atoms with van der Waals surface area (Å²) in [6.45, 7) is 5.68.